The van der Waals surface area contributed by atoms with Crippen molar-refractivity contribution in [3.05, 3.63) is 0 Å². The lowest BCUT2D eigenvalue weighted by atomic mass is 10.0. The monoisotopic (exact) mass is 266 g/mol. The van der Waals surface area contributed by atoms with Crippen LogP contribution < -0.4 is 5.32 Å². The smallest absolute Gasteiger partial charge is 0.245 e. The molecule has 0 spiro atoms. The lowest BCUT2D eigenvalue weighted by molar-refractivity contribution is -0.152. The minimum absolute atomic E-state index is 0.0342. The first-order chi connectivity index (χ1) is 9.20. The summed E-state index contributed by atoms with van der Waals surface area (Å²) in [6.07, 6.45) is 4.95. The topological polar surface area (TPSA) is 58.6 Å². The van der Waals surface area contributed by atoms with E-state index in [0.717, 1.165) is 32.3 Å². The zero-order valence-electron chi connectivity index (χ0n) is 11.4. The van der Waals surface area contributed by atoms with Gasteiger partial charge in [-0.2, -0.15) is 0 Å². The first-order valence-corrected chi connectivity index (χ1v) is 7.43. The van der Waals surface area contributed by atoms with Crippen molar-refractivity contribution in [2.45, 2.75) is 57.2 Å². The van der Waals surface area contributed by atoms with E-state index in [1.807, 2.05) is 6.92 Å². The summed E-state index contributed by atoms with van der Waals surface area (Å²) in [4.78, 5) is 26.5. The molecule has 3 unspecified atom stereocenters. The normalized spacial score (nSPS) is 35.6. The first-order valence-electron chi connectivity index (χ1n) is 7.43. The highest BCUT2D eigenvalue weighted by Gasteiger charge is 2.48. The van der Waals surface area contributed by atoms with E-state index in [1.54, 1.807) is 4.90 Å². The fourth-order valence-corrected chi connectivity index (χ4v) is 3.17. The lowest BCUT2D eigenvalue weighted by Crippen LogP contribution is -2.64. The summed E-state index contributed by atoms with van der Waals surface area (Å²) in [7, 11) is 0. The number of carbonyl (C=O) groups is 2. The molecular formula is C14H22N2O3. The Kier molecular flexibility index (Phi) is 3.48. The second-order valence-electron chi connectivity index (χ2n) is 5.88. The Morgan fingerprint density at radius 2 is 2.11 bits per heavy atom. The minimum atomic E-state index is -0.344. The van der Waals surface area contributed by atoms with Crippen molar-refractivity contribution in [2.24, 2.45) is 5.92 Å². The molecular weight excluding hydrogens is 244 g/mol. The van der Waals surface area contributed by atoms with Crippen LogP contribution in [0.1, 0.15) is 39.0 Å². The molecule has 3 atom stereocenters. The largest absolute Gasteiger partial charge is 0.376 e. The third-order valence-electron chi connectivity index (χ3n) is 4.40. The van der Waals surface area contributed by atoms with E-state index in [2.05, 4.69) is 5.32 Å². The zero-order chi connectivity index (χ0) is 13.4. The van der Waals surface area contributed by atoms with Crippen LogP contribution in [0, 0.1) is 5.92 Å². The van der Waals surface area contributed by atoms with Gasteiger partial charge in [-0.3, -0.25) is 9.59 Å². The van der Waals surface area contributed by atoms with Gasteiger partial charge in [0.15, 0.2) is 0 Å². The summed E-state index contributed by atoms with van der Waals surface area (Å²) in [5.41, 5.74) is 0. The molecule has 0 bridgehead atoms. The summed E-state index contributed by atoms with van der Waals surface area (Å²) in [6, 6.07) is -0.594. The predicted molar refractivity (Wildman–Crippen MR) is 69.4 cm³/mol. The standard InChI is InChI=1S/C14H22N2O3/c1-2-11-14(18)16(8-10-4-3-7-19-10)12(9-5-6-9)13(17)15-11/h9-12H,2-8H2,1H3,(H,15,17). The first kappa shape index (κ1) is 12.9. The predicted octanol–water partition coefficient (Wildman–Crippen LogP) is 0.681. The summed E-state index contributed by atoms with van der Waals surface area (Å²) in [6.45, 7) is 3.30. The maximum atomic E-state index is 12.5. The number of carbonyl (C=O) groups excluding carboxylic acids is 2. The lowest BCUT2D eigenvalue weighted by Gasteiger charge is -2.40. The van der Waals surface area contributed by atoms with Gasteiger partial charge >= 0.3 is 0 Å². The molecule has 5 nitrogen and oxygen atoms in total. The molecule has 0 aromatic rings. The minimum Gasteiger partial charge on any atom is -0.376 e. The molecule has 106 valence electrons. The molecule has 2 heterocycles. The van der Waals surface area contributed by atoms with Gasteiger partial charge in [-0.1, -0.05) is 6.92 Å². The molecule has 0 aromatic carbocycles. The third-order valence-corrected chi connectivity index (χ3v) is 4.40. The van der Waals surface area contributed by atoms with E-state index in [4.69, 9.17) is 4.74 Å². The molecule has 2 saturated heterocycles. The van der Waals surface area contributed by atoms with Crippen LogP contribution >= 0.6 is 0 Å². The molecule has 1 aliphatic carbocycles. The van der Waals surface area contributed by atoms with Gasteiger partial charge in [0.25, 0.3) is 0 Å². The van der Waals surface area contributed by atoms with E-state index >= 15 is 0 Å². The van der Waals surface area contributed by atoms with Crippen molar-refractivity contribution in [3.8, 4) is 0 Å². The van der Waals surface area contributed by atoms with E-state index in [9.17, 15) is 9.59 Å². The van der Waals surface area contributed by atoms with Crippen molar-refractivity contribution in [3.63, 3.8) is 0 Å². The quantitative estimate of drug-likeness (QED) is 0.814. The molecule has 2 amide bonds. The fourth-order valence-electron chi connectivity index (χ4n) is 3.17. The highest BCUT2D eigenvalue weighted by molar-refractivity contribution is 5.97. The maximum Gasteiger partial charge on any atom is 0.245 e. The number of nitrogens with zero attached hydrogens (tertiary/aromatic N) is 1. The molecule has 0 aromatic heterocycles. The van der Waals surface area contributed by atoms with Gasteiger partial charge in [-0.05, 0) is 38.0 Å². The fraction of sp³-hybridized carbons (Fsp3) is 0.857. The van der Waals surface area contributed by atoms with Crippen LogP contribution in [-0.4, -0.2) is 48.1 Å². The Morgan fingerprint density at radius 3 is 2.68 bits per heavy atom. The molecule has 3 fully saturated rings. The Hall–Kier alpha value is -1.10. The van der Waals surface area contributed by atoms with E-state index in [0.29, 0.717) is 18.9 Å². The molecule has 3 aliphatic rings. The maximum absolute atomic E-state index is 12.5. The van der Waals surface area contributed by atoms with Crippen molar-refractivity contribution < 1.29 is 14.3 Å². The van der Waals surface area contributed by atoms with Crippen molar-refractivity contribution in [1.29, 1.82) is 0 Å². The summed E-state index contributed by atoms with van der Waals surface area (Å²) in [5, 5.41) is 2.87. The van der Waals surface area contributed by atoms with Crippen LogP contribution in [0.2, 0.25) is 0 Å². The van der Waals surface area contributed by atoms with Gasteiger partial charge in [-0.15, -0.1) is 0 Å². The molecule has 3 rings (SSSR count). The number of piperazine rings is 1. The average Bonchev–Trinajstić information content (AvgIpc) is 3.10. The molecule has 19 heavy (non-hydrogen) atoms. The van der Waals surface area contributed by atoms with Crippen LogP contribution in [0.3, 0.4) is 0 Å². The number of amides is 2. The SMILES string of the molecule is CCC1NC(=O)C(C2CC2)N(CC2CCCO2)C1=O. The van der Waals surface area contributed by atoms with Crippen LogP contribution in [-0.2, 0) is 14.3 Å². The van der Waals surface area contributed by atoms with Gasteiger partial charge in [0.2, 0.25) is 11.8 Å². The second-order valence-corrected chi connectivity index (χ2v) is 5.88. The summed E-state index contributed by atoms with van der Waals surface area (Å²) < 4.78 is 5.63. The van der Waals surface area contributed by atoms with Crippen molar-refractivity contribution >= 4 is 11.8 Å². The van der Waals surface area contributed by atoms with Crippen molar-refractivity contribution in [2.75, 3.05) is 13.2 Å². The van der Waals surface area contributed by atoms with Gasteiger partial charge in [0.1, 0.15) is 12.1 Å². The summed E-state index contributed by atoms with van der Waals surface area (Å²) in [5.74, 6) is 0.476. The van der Waals surface area contributed by atoms with E-state index < -0.39 is 0 Å². The molecule has 5 heteroatoms. The molecule has 0 radical (unpaired) electrons. The van der Waals surface area contributed by atoms with Gasteiger partial charge in [0.05, 0.1) is 6.10 Å². The highest BCUT2D eigenvalue weighted by Crippen LogP contribution is 2.37. The van der Waals surface area contributed by atoms with Crippen molar-refractivity contribution in [1.82, 2.24) is 10.2 Å². The van der Waals surface area contributed by atoms with Crippen LogP contribution in [0.5, 0.6) is 0 Å². The zero-order valence-corrected chi connectivity index (χ0v) is 11.4. The van der Waals surface area contributed by atoms with E-state index in [-0.39, 0.29) is 30.0 Å². The average molecular weight is 266 g/mol. The Morgan fingerprint density at radius 1 is 1.32 bits per heavy atom. The highest BCUT2D eigenvalue weighted by atomic mass is 16.5. The number of hydrogen-bond donors (Lipinski definition) is 1. The second kappa shape index (κ2) is 5.12. The van der Waals surface area contributed by atoms with Gasteiger partial charge in [-0.25, -0.2) is 0 Å². The Balaban J connectivity index is 1.76. The van der Waals surface area contributed by atoms with Crippen LogP contribution in [0.15, 0.2) is 0 Å². The number of rotatable bonds is 4. The Bertz CT molecular complexity index is 375. The molecule has 2 aliphatic heterocycles. The van der Waals surface area contributed by atoms with Crippen LogP contribution in [0.4, 0.5) is 0 Å². The molecule has 1 saturated carbocycles. The number of hydrogen-bond acceptors (Lipinski definition) is 3. The Labute approximate surface area is 113 Å². The van der Waals surface area contributed by atoms with Gasteiger partial charge < -0.3 is 15.0 Å². The van der Waals surface area contributed by atoms with Gasteiger partial charge in [0, 0.05) is 13.2 Å². The third kappa shape index (κ3) is 2.48. The van der Waals surface area contributed by atoms with E-state index in [1.165, 1.54) is 0 Å². The number of nitrogens with one attached hydrogen (secondary N) is 1. The molecule has 1 N–H and O–H groups in total. The summed E-state index contributed by atoms with van der Waals surface area (Å²) >= 11 is 0. The van der Waals surface area contributed by atoms with Crippen LogP contribution in [0.25, 0.3) is 0 Å². The number of ether oxygens (including phenoxy) is 1.